The number of rotatable bonds is 5. The van der Waals surface area contributed by atoms with Crippen molar-refractivity contribution in [3.05, 3.63) is 36.8 Å². The lowest BCUT2D eigenvalue weighted by atomic mass is 10.3. The summed E-state index contributed by atoms with van der Waals surface area (Å²) in [5.74, 6) is 0.649. The molecule has 0 spiro atoms. The number of carbonyl (C=O) groups excluding carboxylic acids is 1. The highest BCUT2D eigenvalue weighted by atomic mass is 32.2. The molecule has 0 saturated carbocycles. The zero-order chi connectivity index (χ0) is 17.1. The SMILES string of the molecule is COc1ccc(NC(=O)C(C)Sc2ncnc3c2cnn3C)cc1. The van der Waals surface area contributed by atoms with Gasteiger partial charge in [-0.15, -0.1) is 0 Å². The number of methoxy groups -OCH3 is 1. The number of thioether (sulfide) groups is 1. The fourth-order valence-corrected chi connectivity index (χ4v) is 3.05. The van der Waals surface area contributed by atoms with Crippen molar-refractivity contribution in [3.63, 3.8) is 0 Å². The molecule has 1 amide bonds. The molecule has 0 radical (unpaired) electrons. The van der Waals surface area contributed by atoms with Crippen molar-refractivity contribution in [3.8, 4) is 5.75 Å². The van der Waals surface area contributed by atoms with E-state index < -0.39 is 0 Å². The maximum Gasteiger partial charge on any atom is 0.237 e. The van der Waals surface area contributed by atoms with Crippen molar-refractivity contribution in [2.24, 2.45) is 7.05 Å². The molecule has 3 aromatic rings. The van der Waals surface area contributed by atoms with Crippen LogP contribution in [0.15, 0.2) is 41.8 Å². The molecule has 1 N–H and O–H groups in total. The number of anilines is 1. The number of nitrogens with one attached hydrogen (secondary N) is 1. The van der Waals surface area contributed by atoms with Crippen LogP contribution in [0.5, 0.6) is 5.75 Å². The van der Waals surface area contributed by atoms with E-state index in [4.69, 9.17) is 4.74 Å². The third-order valence-electron chi connectivity index (χ3n) is 3.51. The molecule has 24 heavy (non-hydrogen) atoms. The van der Waals surface area contributed by atoms with Gasteiger partial charge in [-0.3, -0.25) is 9.48 Å². The van der Waals surface area contributed by atoms with E-state index in [9.17, 15) is 4.79 Å². The van der Waals surface area contributed by atoms with Crippen molar-refractivity contribution < 1.29 is 9.53 Å². The Bertz CT molecular complexity index is 863. The Morgan fingerprint density at radius 2 is 2.04 bits per heavy atom. The molecule has 124 valence electrons. The molecule has 0 aliphatic rings. The van der Waals surface area contributed by atoms with Crippen LogP contribution in [0.1, 0.15) is 6.92 Å². The number of carbonyl (C=O) groups is 1. The first kappa shape index (κ1) is 16.3. The summed E-state index contributed by atoms with van der Waals surface area (Å²) in [6.07, 6.45) is 3.20. The zero-order valence-corrected chi connectivity index (χ0v) is 14.4. The molecule has 0 bridgehead atoms. The van der Waals surface area contributed by atoms with Crippen molar-refractivity contribution in [1.29, 1.82) is 0 Å². The number of benzene rings is 1. The number of nitrogens with zero attached hydrogens (tertiary/aromatic N) is 4. The highest BCUT2D eigenvalue weighted by molar-refractivity contribution is 8.00. The molecule has 0 saturated heterocycles. The molecule has 1 aromatic carbocycles. The number of amides is 1. The first-order valence-electron chi connectivity index (χ1n) is 7.33. The lowest BCUT2D eigenvalue weighted by molar-refractivity contribution is -0.115. The highest BCUT2D eigenvalue weighted by Gasteiger charge is 2.18. The Kier molecular flexibility index (Phi) is 4.66. The zero-order valence-electron chi connectivity index (χ0n) is 13.6. The maximum absolute atomic E-state index is 12.4. The summed E-state index contributed by atoms with van der Waals surface area (Å²) in [4.78, 5) is 20.9. The predicted molar refractivity (Wildman–Crippen MR) is 93.2 cm³/mol. The number of ether oxygens (including phenoxy) is 1. The molecule has 2 heterocycles. The van der Waals surface area contributed by atoms with Crippen molar-refractivity contribution in [2.75, 3.05) is 12.4 Å². The molecule has 8 heteroatoms. The van der Waals surface area contributed by atoms with E-state index in [2.05, 4.69) is 20.4 Å². The van der Waals surface area contributed by atoms with Gasteiger partial charge in [0.25, 0.3) is 0 Å². The Morgan fingerprint density at radius 1 is 1.29 bits per heavy atom. The van der Waals surface area contributed by atoms with E-state index in [0.29, 0.717) is 0 Å². The van der Waals surface area contributed by atoms with Crippen LogP contribution in [-0.4, -0.2) is 38.0 Å². The summed E-state index contributed by atoms with van der Waals surface area (Å²) in [5.41, 5.74) is 1.47. The predicted octanol–water partition coefficient (Wildman–Crippen LogP) is 2.49. The molecule has 0 aliphatic heterocycles. The number of aryl methyl sites for hydroxylation is 1. The number of hydrogen-bond acceptors (Lipinski definition) is 6. The van der Waals surface area contributed by atoms with Gasteiger partial charge in [0.1, 0.15) is 17.1 Å². The van der Waals surface area contributed by atoms with Gasteiger partial charge in [-0.2, -0.15) is 5.10 Å². The Hall–Kier alpha value is -2.61. The third-order valence-corrected chi connectivity index (χ3v) is 4.62. The summed E-state index contributed by atoms with van der Waals surface area (Å²) in [5, 5.41) is 8.34. The molecule has 0 fully saturated rings. The molecular weight excluding hydrogens is 326 g/mol. The molecule has 2 aromatic heterocycles. The topological polar surface area (TPSA) is 81.9 Å². The quantitative estimate of drug-likeness (QED) is 0.566. The van der Waals surface area contributed by atoms with Gasteiger partial charge in [-0.05, 0) is 31.2 Å². The van der Waals surface area contributed by atoms with E-state index in [1.807, 2.05) is 14.0 Å². The van der Waals surface area contributed by atoms with Gasteiger partial charge in [0.15, 0.2) is 5.65 Å². The molecule has 1 atom stereocenters. The van der Waals surface area contributed by atoms with Gasteiger partial charge in [-0.25, -0.2) is 9.97 Å². The van der Waals surface area contributed by atoms with Gasteiger partial charge in [0, 0.05) is 12.7 Å². The largest absolute Gasteiger partial charge is 0.497 e. The van der Waals surface area contributed by atoms with Crippen LogP contribution in [0, 0.1) is 0 Å². The molecule has 0 aliphatic carbocycles. The van der Waals surface area contributed by atoms with Gasteiger partial charge in [-0.1, -0.05) is 11.8 Å². The van der Waals surface area contributed by atoms with Crippen molar-refractivity contribution in [2.45, 2.75) is 17.2 Å². The van der Waals surface area contributed by atoms with Crippen LogP contribution in [0.4, 0.5) is 5.69 Å². The number of fused-ring (bicyclic) bond motifs is 1. The molecule has 3 rings (SSSR count). The van der Waals surface area contributed by atoms with Crippen LogP contribution in [0.25, 0.3) is 11.0 Å². The lowest BCUT2D eigenvalue weighted by Gasteiger charge is -2.12. The van der Waals surface area contributed by atoms with Crippen LogP contribution < -0.4 is 10.1 Å². The van der Waals surface area contributed by atoms with Gasteiger partial charge < -0.3 is 10.1 Å². The average Bonchev–Trinajstić information content (AvgIpc) is 2.98. The summed E-state index contributed by atoms with van der Waals surface area (Å²) in [6, 6.07) is 7.21. The summed E-state index contributed by atoms with van der Waals surface area (Å²) in [7, 11) is 3.43. The normalized spacial score (nSPS) is 12.1. The van der Waals surface area contributed by atoms with Crippen molar-refractivity contribution >= 4 is 34.4 Å². The van der Waals surface area contributed by atoms with E-state index in [0.717, 1.165) is 27.5 Å². The number of hydrogen-bond donors (Lipinski definition) is 1. The Balaban J connectivity index is 1.71. The molecule has 7 nitrogen and oxygen atoms in total. The van der Waals surface area contributed by atoms with Crippen LogP contribution >= 0.6 is 11.8 Å². The van der Waals surface area contributed by atoms with E-state index in [-0.39, 0.29) is 11.2 Å². The minimum absolute atomic E-state index is 0.0965. The van der Waals surface area contributed by atoms with Gasteiger partial charge >= 0.3 is 0 Å². The monoisotopic (exact) mass is 343 g/mol. The van der Waals surface area contributed by atoms with E-state index in [1.54, 1.807) is 42.3 Å². The molecule has 1 unspecified atom stereocenters. The maximum atomic E-state index is 12.4. The van der Waals surface area contributed by atoms with E-state index in [1.165, 1.54) is 18.1 Å². The van der Waals surface area contributed by atoms with Crippen LogP contribution in [-0.2, 0) is 11.8 Å². The van der Waals surface area contributed by atoms with Gasteiger partial charge in [0.2, 0.25) is 5.91 Å². The molecular formula is C16H17N5O2S. The summed E-state index contributed by atoms with van der Waals surface area (Å²) < 4.78 is 6.79. The Morgan fingerprint density at radius 3 is 2.75 bits per heavy atom. The first-order chi connectivity index (χ1) is 11.6. The fourth-order valence-electron chi connectivity index (χ4n) is 2.17. The summed E-state index contributed by atoms with van der Waals surface area (Å²) in [6.45, 7) is 1.84. The van der Waals surface area contributed by atoms with E-state index >= 15 is 0 Å². The Labute approximate surface area is 143 Å². The van der Waals surface area contributed by atoms with Crippen LogP contribution in [0.3, 0.4) is 0 Å². The lowest BCUT2D eigenvalue weighted by Crippen LogP contribution is -2.22. The fraction of sp³-hybridized carbons (Fsp3) is 0.250. The van der Waals surface area contributed by atoms with Crippen molar-refractivity contribution in [1.82, 2.24) is 19.7 Å². The second-order valence-electron chi connectivity index (χ2n) is 5.16. The third kappa shape index (κ3) is 3.33. The minimum atomic E-state index is -0.314. The first-order valence-corrected chi connectivity index (χ1v) is 8.20. The van der Waals surface area contributed by atoms with Crippen LogP contribution in [0.2, 0.25) is 0 Å². The summed E-state index contributed by atoms with van der Waals surface area (Å²) >= 11 is 1.38. The average molecular weight is 343 g/mol. The highest BCUT2D eigenvalue weighted by Crippen LogP contribution is 2.28. The van der Waals surface area contributed by atoms with Gasteiger partial charge in [0.05, 0.1) is 23.9 Å². The minimum Gasteiger partial charge on any atom is -0.497 e. The second-order valence-corrected chi connectivity index (χ2v) is 6.49. The smallest absolute Gasteiger partial charge is 0.237 e. The second kappa shape index (κ2) is 6.88. The number of aromatic nitrogens is 4. The standard InChI is InChI=1S/C16H17N5O2S/c1-10(15(22)20-11-4-6-12(23-3)7-5-11)24-16-13-8-19-21(2)14(13)17-9-18-16/h4-10H,1-3H3,(H,20,22).